The lowest BCUT2D eigenvalue weighted by molar-refractivity contribution is 0.622. The molecule has 163 valence electrons. The average molecular weight is 437 g/mol. The maximum absolute atomic E-state index is 3.90. The molecule has 32 heavy (non-hydrogen) atoms. The van der Waals surface area contributed by atoms with Gasteiger partial charge in [0.15, 0.2) is 0 Å². The van der Waals surface area contributed by atoms with Crippen molar-refractivity contribution < 1.29 is 0 Å². The van der Waals surface area contributed by atoms with Crippen LogP contribution in [-0.2, 0) is 0 Å². The molecule has 0 heterocycles. The lowest BCUT2D eigenvalue weighted by Gasteiger charge is -2.22. The third-order valence-electron chi connectivity index (χ3n) is 6.57. The molecule has 0 aliphatic carbocycles. The number of hydrogen-bond acceptors (Lipinski definition) is 1. The van der Waals surface area contributed by atoms with Gasteiger partial charge in [-0.2, -0.15) is 0 Å². The van der Waals surface area contributed by atoms with Crippen LogP contribution in [0.25, 0.3) is 21.5 Å². The van der Waals surface area contributed by atoms with Gasteiger partial charge in [0.25, 0.3) is 0 Å². The summed E-state index contributed by atoms with van der Waals surface area (Å²) in [5.74, 6) is 0.351. The van der Waals surface area contributed by atoms with Crippen LogP contribution < -0.4 is 4.30 Å². The highest BCUT2D eigenvalue weighted by molar-refractivity contribution is 6.32. The molecule has 0 unspecified atom stereocenters. The smallest absolute Gasteiger partial charge is 0.319 e. The average Bonchev–Trinajstić information content (AvgIpc) is 2.85. The molecule has 2 heteroatoms. The quantitative estimate of drug-likeness (QED) is 0.175. The second kappa shape index (κ2) is 12.2. The molecule has 0 saturated heterocycles. The number of hydrogen-bond donors (Lipinski definition) is 1. The fourth-order valence-corrected chi connectivity index (χ4v) is 5.93. The van der Waals surface area contributed by atoms with Crippen LogP contribution in [0.15, 0.2) is 84.9 Å². The van der Waals surface area contributed by atoms with Crippen molar-refractivity contribution in [2.45, 2.75) is 56.6 Å². The minimum Gasteiger partial charge on any atom is -0.405 e. The van der Waals surface area contributed by atoms with E-state index in [9.17, 15) is 0 Å². The van der Waals surface area contributed by atoms with Gasteiger partial charge in [-0.15, -0.1) is 0 Å². The Morgan fingerprint density at radius 3 is 1.78 bits per heavy atom. The lowest BCUT2D eigenvalue weighted by Crippen LogP contribution is -2.26. The zero-order chi connectivity index (χ0) is 22.0. The molecule has 0 bridgehead atoms. The SMILES string of the molecule is CCCCCCC[CH2][Al][NH]CC(c1cccc2ccccc12)c1cccc2ccccc12. The molecule has 4 rings (SSSR count). The molecule has 0 amide bonds. The van der Waals surface area contributed by atoms with Crippen molar-refractivity contribution >= 4 is 37.0 Å². The molecule has 1 N–H and O–H groups in total. The highest BCUT2D eigenvalue weighted by Gasteiger charge is 2.18. The minimum atomic E-state index is 0.299. The minimum absolute atomic E-state index is 0.299. The van der Waals surface area contributed by atoms with Gasteiger partial charge in [0.2, 0.25) is 0 Å². The first kappa shape index (κ1) is 23.1. The molecule has 0 aromatic heterocycles. The van der Waals surface area contributed by atoms with Crippen molar-refractivity contribution in [2.75, 3.05) is 6.54 Å². The predicted molar refractivity (Wildman–Crippen MR) is 142 cm³/mol. The van der Waals surface area contributed by atoms with E-state index in [0.717, 1.165) is 6.54 Å². The molecular weight excluding hydrogens is 401 g/mol. The van der Waals surface area contributed by atoms with E-state index in [1.54, 1.807) is 0 Å². The second-order valence-corrected chi connectivity index (χ2v) is 10.3. The van der Waals surface area contributed by atoms with E-state index < -0.39 is 0 Å². The molecule has 0 aliphatic heterocycles. The summed E-state index contributed by atoms with van der Waals surface area (Å²) in [6.45, 7) is 3.30. The molecule has 4 aromatic carbocycles. The van der Waals surface area contributed by atoms with Crippen LogP contribution in [0.3, 0.4) is 0 Å². The Morgan fingerprint density at radius 1 is 0.625 bits per heavy atom. The Bertz CT molecular complexity index is 1030. The fraction of sp³-hybridized carbons (Fsp3) is 0.333. The van der Waals surface area contributed by atoms with Crippen LogP contribution >= 0.6 is 0 Å². The summed E-state index contributed by atoms with van der Waals surface area (Å²) in [7, 11) is 0. The molecule has 0 saturated carbocycles. The summed E-state index contributed by atoms with van der Waals surface area (Å²) >= 11 is 0.299. The highest BCUT2D eigenvalue weighted by atomic mass is 27.1. The summed E-state index contributed by atoms with van der Waals surface area (Å²) in [6, 6.07) is 31.2. The molecule has 1 radical (unpaired) electrons. The summed E-state index contributed by atoms with van der Waals surface area (Å²) in [6.07, 6.45) is 8.30. The molecular formula is C30H35AlN. The van der Waals surface area contributed by atoms with Crippen LogP contribution in [0.1, 0.15) is 62.5 Å². The van der Waals surface area contributed by atoms with E-state index in [1.165, 1.54) is 76.5 Å². The third kappa shape index (κ3) is 5.82. The summed E-state index contributed by atoms with van der Waals surface area (Å²) < 4.78 is 3.90. The van der Waals surface area contributed by atoms with Gasteiger partial charge in [0, 0.05) is 5.92 Å². The molecule has 4 aromatic rings. The van der Waals surface area contributed by atoms with E-state index in [0.29, 0.717) is 21.4 Å². The van der Waals surface area contributed by atoms with Gasteiger partial charge in [0.05, 0.1) is 0 Å². The van der Waals surface area contributed by atoms with Gasteiger partial charge in [-0.3, -0.25) is 0 Å². The van der Waals surface area contributed by atoms with Crippen LogP contribution in [0.2, 0.25) is 5.28 Å². The molecule has 0 atom stereocenters. The molecule has 0 fully saturated rings. The van der Waals surface area contributed by atoms with Crippen molar-refractivity contribution in [3.05, 3.63) is 96.1 Å². The topological polar surface area (TPSA) is 12.0 Å². The predicted octanol–water partition coefficient (Wildman–Crippen LogP) is 8.11. The molecule has 1 nitrogen and oxygen atoms in total. The summed E-state index contributed by atoms with van der Waals surface area (Å²) in [5.41, 5.74) is 2.87. The lowest BCUT2D eigenvalue weighted by atomic mass is 9.85. The van der Waals surface area contributed by atoms with Crippen LogP contribution in [-0.4, -0.2) is 22.0 Å². The molecule has 0 aliphatic rings. The first-order valence-corrected chi connectivity index (χ1v) is 13.8. The Kier molecular flexibility index (Phi) is 8.81. The zero-order valence-corrected chi connectivity index (χ0v) is 20.5. The number of nitrogens with one attached hydrogen (secondary N) is 1. The maximum Gasteiger partial charge on any atom is 0.319 e. The van der Waals surface area contributed by atoms with E-state index in [-0.39, 0.29) is 0 Å². The fourth-order valence-electron chi connectivity index (χ4n) is 4.83. The Hall–Kier alpha value is -2.11. The second-order valence-electron chi connectivity index (χ2n) is 8.86. The van der Waals surface area contributed by atoms with Gasteiger partial charge in [-0.05, 0) is 39.2 Å². The van der Waals surface area contributed by atoms with Crippen molar-refractivity contribution in [1.29, 1.82) is 0 Å². The van der Waals surface area contributed by atoms with Gasteiger partial charge < -0.3 is 4.30 Å². The summed E-state index contributed by atoms with van der Waals surface area (Å²) in [4.78, 5) is 0. The van der Waals surface area contributed by atoms with Crippen molar-refractivity contribution in [3.63, 3.8) is 0 Å². The van der Waals surface area contributed by atoms with E-state index in [1.807, 2.05) is 0 Å². The number of benzene rings is 4. The van der Waals surface area contributed by atoms with Crippen LogP contribution in [0.5, 0.6) is 0 Å². The Morgan fingerprint density at radius 2 is 1.16 bits per heavy atom. The Balaban J connectivity index is 1.53. The van der Waals surface area contributed by atoms with E-state index in [2.05, 4.69) is 96.2 Å². The highest BCUT2D eigenvalue weighted by Crippen LogP contribution is 2.34. The van der Waals surface area contributed by atoms with Crippen LogP contribution in [0.4, 0.5) is 0 Å². The van der Waals surface area contributed by atoms with Gasteiger partial charge in [-0.25, -0.2) is 0 Å². The van der Waals surface area contributed by atoms with Gasteiger partial charge in [-0.1, -0.05) is 136 Å². The first-order valence-electron chi connectivity index (χ1n) is 12.4. The monoisotopic (exact) mass is 436 g/mol. The first-order chi connectivity index (χ1) is 15.9. The van der Waals surface area contributed by atoms with Crippen LogP contribution in [0, 0.1) is 0 Å². The Labute approximate surface area is 200 Å². The summed E-state index contributed by atoms with van der Waals surface area (Å²) in [5, 5.41) is 6.76. The number of fused-ring (bicyclic) bond motifs is 2. The number of unbranched alkanes of at least 4 members (excludes halogenated alkanes) is 5. The largest absolute Gasteiger partial charge is 0.405 e. The van der Waals surface area contributed by atoms with E-state index >= 15 is 0 Å². The van der Waals surface area contributed by atoms with Crippen molar-refractivity contribution in [2.24, 2.45) is 0 Å². The maximum atomic E-state index is 3.90. The third-order valence-corrected chi connectivity index (χ3v) is 7.79. The van der Waals surface area contributed by atoms with Gasteiger partial charge in [0.1, 0.15) is 0 Å². The van der Waals surface area contributed by atoms with Gasteiger partial charge >= 0.3 is 15.4 Å². The van der Waals surface area contributed by atoms with E-state index in [4.69, 9.17) is 0 Å². The standard InChI is InChI=1S/C22H18N.C8H17.Al/c23-15-22(20-13-5-9-16-7-1-3-11-18(16)20)21-14-6-10-17-8-2-4-12-19(17)21;1-3-5-7-8-6-4-2;/h1-14,22-23H,15H2;1,3-8H2,2H3;/q-1;;+1. The zero-order valence-electron chi connectivity index (χ0n) is 19.4. The normalized spacial score (nSPS) is 11.4. The van der Waals surface area contributed by atoms with Crippen molar-refractivity contribution in [1.82, 2.24) is 4.30 Å². The molecule has 0 spiro atoms. The number of rotatable bonds is 12. The van der Waals surface area contributed by atoms with Crippen molar-refractivity contribution in [3.8, 4) is 0 Å².